The molecule has 1 fully saturated rings. The van der Waals surface area contributed by atoms with Gasteiger partial charge in [0.05, 0.1) is 13.0 Å². The summed E-state index contributed by atoms with van der Waals surface area (Å²) in [5.41, 5.74) is 2.35. The molecule has 0 radical (unpaired) electrons. The van der Waals surface area contributed by atoms with Crippen LogP contribution in [0.25, 0.3) is 0 Å². The van der Waals surface area contributed by atoms with E-state index in [1.165, 1.54) is 10.4 Å². The van der Waals surface area contributed by atoms with Crippen molar-refractivity contribution in [2.24, 2.45) is 5.92 Å². The van der Waals surface area contributed by atoms with Gasteiger partial charge in [0.1, 0.15) is 5.75 Å². The third-order valence-corrected chi connectivity index (χ3v) is 5.79. The SMILES string of the molecule is COc1cccc([C@H]2CN(Cc3cc(CN(C)C)cs3)C[C@@H]2C(=O)O)c1. The summed E-state index contributed by atoms with van der Waals surface area (Å²) in [6.07, 6.45) is 0. The standard InChI is InChI=1S/C20H26N2O3S/c1-21(2)9-14-7-17(26-13-14)10-22-11-18(19(12-22)20(23)24)15-5-4-6-16(8-15)25-3/h4-8,13,18-19H,9-12H2,1-3H3,(H,23,24)/t18-,19+/m1/s1. The number of nitrogens with zero attached hydrogens (tertiary/aromatic N) is 2. The zero-order valence-electron chi connectivity index (χ0n) is 15.5. The highest BCUT2D eigenvalue weighted by Gasteiger charge is 2.38. The topological polar surface area (TPSA) is 53.0 Å². The number of carboxylic acids is 1. The Bertz CT molecular complexity index is 759. The molecule has 2 atom stereocenters. The van der Waals surface area contributed by atoms with Crippen molar-refractivity contribution in [3.63, 3.8) is 0 Å². The summed E-state index contributed by atoms with van der Waals surface area (Å²) < 4.78 is 5.30. The number of rotatable bonds is 7. The molecule has 0 aliphatic carbocycles. The Hall–Kier alpha value is -1.89. The van der Waals surface area contributed by atoms with Gasteiger partial charge in [0, 0.05) is 37.0 Å². The Kier molecular flexibility index (Phi) is 5.96. The van der Waals surface area contributed by atoms with Crippen LogP contribution in [0.4, 0.5) is 0 Å². The molecule has 1 aromatic carbocycles. The Morgan fingerprint density at radius 3 is 2.85 bits per heavy atom. The van der Waals surface area contributed by atoms with E-state index >= 15 is 0 Å². The average Bonchev–Trinajstić information content (AvgIpc) is 3.22. The molecule has 0 unspecified atom stereocenters. The molecule has 0 saturated carbocycles. The highest BCUT2D eigenvalue weighted by Crippen LogP contribution is 2.35. The van der Waals surface area contributed by atoms with Crippen molar-refractivity contribution in [2.75, 3.05) is 34.3 Å². The maximum absolute atomic E-state index is 11.8. The Labute approximate surface area is 158 Å². The number of benzene rings is 1. The van der Waals surface area contributed by atoms with Gasteiger partial charge in [0.25, 0.3) is 0 Å². The smallest absolute Gasteiger partial charge is 0.308 e. The molecule has 2 heterocycles. The van der Waals surface area contributed by atoms with E-state index in [1.807, 2.05) is 24.3 Å². The van der Waals surface area contributed by atoms with Crippen molar-refractivity contribution >= 4 is 17.3 Å². The fourth-order valence-corrected chi connectivity index (χ4v) is 4.57. The van der Waals surface area contributed by atoms with Crippen molar-refractivity contribution < 1.29 is 14.6 Å². The third-order valence-electron chi connectivity index (χ3n) is 4.82. The molecule has 0 bridgehead atoms. The molecular weight excluding hydrogens is 348 g/mol. The molecule has 26 heavy (non-hydrogen) atoms. The van der Waals surface area contributed by atoms with Gasteiger partial charge in [-0.25, -0.2) is 0 Å². The number of thiophene rings is 1. The van der Waals surface area contributed by atoms with E-state index in [1.54, 1.807) is 18.4 Å². The first-order valence-corrected chi connectivity index (χ1v) is 9.64. The molecule has 1 aliphatic rings. The summed E-state index contributed by atoms with van der Waals surface area (Å²) in [5.74, 6) is -0.344. The molecule has 1 aromatic heterocycles. The molecule has 0 spiro atoms. The molecule has 2 aromatic rings. The zero-order valence-corrected chi connectivity index (χ0v) is 16.3. The molecule has 1 saturated heterocycles. The number of likely N-dealkylation sites (tertiary alicyclic amines) is 1. The normalized spacial score (nSPS) is 20.6. The highest BCUT2D eigenvalue weighted by molar-refractivity contribution is 7.10. The van der Waals surface area contributed by atoms with Gasteiger partial charge < -0.3 is 14.7 Å². The van der Waals surface area contributed by atoms with E-state index in [4.69, 9.17) is 4.74 Å². The van der Waals surface area contributed by atoms with Crippen molar-refractivity contribution in [1.29, 1.82) is 0 Å². The second-order valence-electron chi connectivity index (χ2n) is 7.18. The summed E-state index contributed by atoms with van der Waals surface area (Å²) in [4.78, 5) is 17.5. The number of ether oxygens (including phenoxy) is 1. The second-order valence-corrected chi connectivity index (χ2v) is 8.18. The van der Waals surface area contributed by atoms with Gasteiger partial charge in [0.2, 0.25) is 0 Å². The largest absolute Gasteiger partial charge is 0.497 e. The van der Waals surface area contributed by atoms with Crippen LogP contribution < -0.4 is 4.74 Å². The van der Waals surface area contributed by atoms with Gasteiger partial charge in [-0.2, -0.15) is 0 Å². The molecule has 0 amide bonds. The minimum atomic E-state index is -0.722. The van der Waals surface area contributed by atoms with Crippen LogP contribution >= 0.6 is 11.3 Å². The molecule has 6 heteroatoms. The van der Waals surface area contributed by atoms with E-state index in [-0.39, 0.29) is 11.8 Å². The van der Waals surface area contributed by atoms with E-state index in [2.05, 4.69) is 35.3 Å². The second kappa shape index (κ2) is 8.20. The van der Waals surface area contributed by atoms with E-state index in [0.29, 0.717) is 6.54 Å². The van der Waals surface area contributed by atoms with Crippen LogP contribution in [0, 0.1) is 5.92 Å². The van der Waals surface area contributed by atoms with Gasteiger partial charge in [-0.15, -0.1) is 11.3 Å². The van der Waals surface area contributed by atoms with Crippen molar-refractivity contribution in [3.8, 4) is 5.75 Å². The molecule has 1 aliphatic heterocycles. The highest BCUT2D eigenvalue weighted by atomic mass is 32.1. The van der Waals surface area contributed by atoms with E-state index in [0.717, 1.165) is 30.9 Å². The monoisotopic (exact) mass is 374 g/mol. The first kappa shape index (κ1) is 18.9. The number of carbonyl (C=O) groups is 1. The molecule has 5 nitrogen and oxygen atoms in total. The lowest BCUT2D eigenvalue weighted by molar-refractivity contribution is -0.141. The summed E-state index contributed by atoms with van der Waals surface area (Å²) in [6.45, 7) is 3.08. The lowest BCUT2D eigenvalue weighted by Crippen LogP contribution is -2.23. The Balaban J connectivity index is 1.72. The van der Waals surface area contributed by atoms with Crippen LogP contribution in [0.3, 0.4) is 0 Å². The quantitative estimate of drug-likeness (QED) is 0.807. The first-order valence-electron chi connectivity index (χ1n) is 8.76. The summed E-state index contributed by atoms with van der Waals surface area (Å²) in [6, 6.07) is 10.0. The number of hydrogen-bond donors (Lipinski definition) is 1. The number of aliphatic carboxylic acids is 1. The fraction of sp³-hybridized carbons (Fsp3) is 0.450. The van der Waals surface area contributed by atoms with Gasteiger partial charge in [0.15, 0.2) is 0 Å². The maximum atomic E-state index is 11.8. The zero-order chi connectivity index (χ0) is 18.7. The van der Waals surface area contributed by atoms with Crippen LogP contribution in [0.1, 0.15) is 21.9 Å². The van der Waals surface area contributed by atoms with Gasteiger partial charge in [-0.3, -0.25) is 9.69 Å². The van der Waals surface area contributed by atoms with Gasteiger partial charge >= 0.3 is 5.97 Å². The van der Waals surface area contributed by atoms with Crippen molar-refractivity contribution in [2.45, 2.75) is 19.0 Å². The third kappa shape index (κ3) is 4.44. The lowest BCUT2D eigenvalue weighted by atomic mass is 9.89. The fourth-order valence-electron chi connectivity index (χ4n) is 3.65. The molecule has 1 N–H and O–H groups in total. The van der Waals surface area contributed by atoms with Gasteiger partial charge in [-0.05, 0) is 48.8 Å². The summed E-state index contributed by atoms with van der Waals surface area (Å²) in [5, 5.41) is 11.9. The maximum Gasteiger partial charge on any atom is 0.308 e. The number of hydrogen-bond acceptors (Lipinski definition) is 5. The number of carboxylic acid groups (broad SMARTS) is 1. The Morgan fingerprint density at radius 1 is 1.35 bits per heavy atom. The van der Waals surface area contributed by atoms with E-state index < -0.39 is 5.97 Å². The number of methoxy groups -OCH3 is 1. The minimum absolute atomic E-state index is 0.0104. The lowest BCUT2D eigenvalue weighted by Gasteiger charge is -2.16. The summed E-state index contributed by atoms with van der Waals surface area (Å²) >= 11 is 1.76. The molecule has 140 valence electrons. The van der Waals surface area contributed by atoms with Crippen LogP contribution in [0.2, 0.25) is 0 Å². The van der Waals surface area contributed by atoms with E-state index in [9.17, 15) is 9.90 Å². The predicted octanol–water partition coefficient (Wildman–Crippen LogP) is 3.12. The van der Waals surface area contributed by atoms with Crippen LogP contribution in [-0.4, -0.2) is 55.2 Å². The molecular formula is C20H26N2O3S. The average molecular weight is 375 g/mol. The minimum Gasteiger partial charge on any atom is -0.497 e. The first-order chi connectivity index (χ1) is 12.5. The van der Waals surface area contributed by atoms with Crippen molar-refractivity contribution in [1.82, 2.24) is 9.80 Å². The van der Waals surface area contributed by atoms with Crippen LogP contribution in [-0.2, 0) is 17.9 Å². The Morgan fingerprint density at radius 2 is 2.15 bits per heavy atom. The van der Waals surface area contributed by atoms with Gasteiger partial charge in [-0.1, -0.05) is 12.1 Å². The predicted molar refractivity (Wildman–Crippen MR) is 104 cm³/mol. The summed E-state index contributed by atoms with van der Waals surface area (Å²) in [7, 11) is 5.76. The van der Waals surface area contributed by atoms with Crippen molar-refractivity contribution in [3.05, 3.63) is 51.7 Å². The molecule has 3 rings (SSSR count). The van der Waals surface area contributed by atoms with Crippen LogP contribution in [0.5, 0.6) is 5.75 Å². The van der Waals surface area contributed by atoms with Crippen LogP contribution in [0.15, 0.2) is 35.7 Å².